The second kappa shape index (κ2) is 10.8. The number of hydrogen-bond donors (Lipinski definition) is 1. The lowest BCUT2D eigenvalue weighted by atomic mass is 10.1. The van der Waals surface area contributed by atoms with Gasteiger partial charge in [-0.25, -0.2) is 0 Å². The fourth-order valence-corrected chi connectivity index (χ4v) is 3.82. The van der Waals surface area contributed by atoms with E-state index in [-0.39, 0.29) is 11.3 Å². The van der Waals surface area contributed by atoms with Crippen molar-refractivity contribution in [2.45, 2.75) is 20.3 Å². The molecule has 0 unspecified atom stereocenters. The largest absolute Gasteiger partial charge is 0.497 e. The van der Waals surface area contributed by atoms with Gasteiger partial charge in [-0.2, -0.15) is 0 Å². The standard InChI is InChI=1S/C25H27NO5S/c1-16(2)11-12-31-21-10-5-17(13-22(21)30-4)14-23-25(28)26-24(32-23)15-20(27)18-6-8-19(29-3)9-7-18/h5-10,13-16H,11-12H2,1-4H3,(H,26,28). The van der Waals surface area contributed by atoms with Crippen LogP contribution in [0.3, 0.4) is 0 Å². The van der Waals surface area contributed by atoms with Crippen molar-refractivity contribution in [1.29, 1.82) is 0 Å². The molecule has 0 radical (unpaired) electrons. The van der Waals surface area contributed by atoms with Crippen LogP contribution in [0, 0.1) is 5.92 Å². The third kappa shape index (κ3) is 6.11. The number of Topliss-reactive ketones (excluding diaryl/α,β-unsaturated/α-hetero) is 1. The van der Waals surface area contributed by atoms with Crippen molar-refractivity contribution >= 4 is 29.3 Å². The fraction of sp³-hybridized carbons (Fsp3) is 0.280. The molecule has 1 N–H and O–H groups in total. The maximum atomic E-state index is 12.5. The zero-order valence-electron chi connectivity index (χ0n) is 18.6. The van der Waals surface area contributed by atoms with E-state index in [1.165, 1.54) is 17.4 Å². The zero-order chi connectivity index (χ0) is 23.1. The van der Waals surface area contributed by atoms with Gasteiger partial charge in [-0.1, -0.05) is 19.9 Å². The minimum Gasteiger partial charge on any atom is -0.497 e. The summed E-state index contributed by atoms with van der Waals surface area (Å²) in [5.74, 6) is 2.32. The van der Waals surface area contributed by atoms with Gasteiger partial charge in [-0.15, -0.1) is 11.3 Å². The monoisotopic (exact) mass is 453 g/mol. The molecule has 1 aromatic heterocycles. The van der Waals surface area contributed by atoms with Crippen molar-refractivity contribution in [2.75, 3.05) is 20.8 Å². The van der Waals surface area contributed by atoms with Gasteiger partial charge in [-0.3, -0.25) is 9.59 Å². The topological polar surface area (TPSA) is 77.6 Å². The Kier molecular flexibility index (Phi) is 7.89. The average molecular weight is 454 g/mol. The van der Waals surface area contributed by atoms with Crippen molar-refractivity contribution in [2.24, 2.45) is 5.92 Å². The molecule has 1 heterocycles. The van der Waals surface area contributed by atoms with Gasteiger partial charge in [0.1, 0.15) is 5.75 Å². The molecule has 0 saturated heterocycles. The number of rotatable bonds is 9. The minimum atomic E-state index is -0.250. The summed E-state index contributed by atoms with van der Waals surface area (Å²) in [6, 6.07) is 12.4. The van der Waals surface area contributed by atoms with Crippen LogP contribution in [0.2, 0.25) is 0 Å². The first-order chi connectivity index (χ1) is 15.4. The van der Waals surface area contributed by atoms with Gasteiger partial charge >= 0.3 is 0 Å². The van der Waals surface area contributed by atoms with E-state index in [9.17, 15) is 9.59 Å². The maximum Gasteiger partial charge on any atom is 0.266 e. The van der Waals surface area contributed by atoms with Gasteiger partial charge in [0.15, 0.2) is 17.3 Å². The summed E-state index contributed by atoms with van der Waals surface area (Å²) in [6.45, 7) is 4.91. The first-order valence-corrected chi connectivity index (χ1v) is 11.1. The van der Waals surface area contributed by atoms with Crippen LogP contribution in [0.5, 0.6) is 17.2 Å². The maximum absolute atomic E-state index is 12.5. The van der Waals surface area contributed by atoms with Crippen LogP contribution < -0.4 is 29.0 Å². The molecule has 0 fully saturated rings. The lowest BCUT2D eigenvalue weighted by Gasteiger charge is -2.12. The second-order valence-corrected chi connectivity index (χ2v) is 8.69. The molecule has 32 heavy (non-hydrogen) atoms. The summed E-state index contributed by atoms with van der Waals surface area (Å²) >= 11 is 1.22. The summed E-state index contributed by atoms with van der Waals surface area (Å²) in [4.78, 5) is 27.6. The third-order valence-electron chi connectivity index (χ3n) is 4.76. The quantitative estimate of drug-likeness (QED) is 0.503. The number of nitrogens with one attached hydrogen (secondary N) is 1. The van der Waals surface area contributed by atoms with Crippen LogP contribution in [0.15, 0.2) is 47.3 Å². The van der Waals surface area contributed by atoms with Crippen LogP contribution >= 0.6 is 11.3 Å². The van der Waals surface area contributed by atoms with E-state index >= 15 is 0 Å². The van der Waals surface area contributed by atoms with Crippen LogP contribution in [-0.2, 0) is 0 Å². The van der Waals surface area contributed by atoms with Crippen molar-refractivity contribution in [3.05, 3.63) is 73.1 Å². The summed E-state index contributed by atoms with van der Waals surface area (Å²) in [5.41, 5.74) is 1.07. The fourth-order valence-electron chi connectivity index (χ4n) is 2.93. The van der Waals surface area contributed by atoms with Gasteiger partial charge in [-0.05, 0) is 60.4 Å². The van der Waals surface area contributed by atoms with Crippen molar-refractivity contribution in [3.63, 3.8) is 0 Å². The molecule has 0 saturated carbocycles. The van der Waals surface area contributed by atoms with Crippen molar-refractivity contribution < 1.29 is 19.0 Å². The molecule has 6 nitrogen and oxygen atoms in total. The number of methoxy groups -OCH3 is 2. The predicted octanol–water partition coefficient (Wildman–Crippen LogP) is 3.37. The summed E-state index contributed by atoms with van der Waals surface area (Å²) in [7, 11) is 3.16. The van der Waals surface area contributed by atoms with Gasteiger partial charge in [0.25, 0.3) is 5.56 Å². The molecule has 0 aliphatic rings. The Morgan fingerprint density at radius 2 is 1.81 bits per heavy atom. The molecule has 0 spiro atoms. The Bertz CT molecular complexity index is 1240. The molecule has 2 aromatic carbocycles. The number of ketones is 1. The summed E-state index contributed by atoms with van der Waals surface area (Å²) in [5, 5.41) is 0. The third-order valence-corrected chi connectivity index (χ3v) is 5.72. The number of carbonyl (C=O) groups excluding carboxylic acids is 1. The van der Waals surface area contributed by atoms with E-state index in [0.717, 1.165) is 12.0 Å². The van der Waals surface area contributed by atoms with Crippen molar-refractivity contribution in [1.82, 2.24) is 4.98 Å². The number of ether oxygens (including phenoxy) is 3. The Morgan fingerprint density at radius 3 is 2.47 bits per heavy atom. The molecule has 3 aromatic rings. The molecule has 0 aliphatic carbocycles. The molecule has 0 amide bonds. The molecule has 0 atom stereocenters. The van der Waals surface area contributed by atoms with E-state index in [1.807, 2.05) is 18.2 Å². The molecular formula is C25H27NO5S. The van der Waals surface area contributed by atoms with Crippen LogP contribution in [0.25, 0.3) is 12.2 Å². The first kappa shape index (κ1) is 23.3. The van der Waals surface area contributed by atoms with E-state index in [2.05, 4.69) is 18.8 Å². The number of benzene rings is 2. The molecule has 0 aliphatic heterocycles. The Balaban J connectivity index is 1.84. The van der Waals surface area contributed by atoms with Gasteiger partial charge < -0.3 is 19.2 Å². The highest BCUT2D eigenvalue weighted by atomic mass is 32.1. The number of hydrogen-bond acceptors (Lipinski definition) is 6. The Labute approximate surface area is 190 Å². The van der Waals surface area contributed by atoms with Crippen LogP contribution in [0.1, 0.15) is 36.2 Å². The molecular weight excluding hydrogens is 426 g/mol. The smallest absolute Gasteiger partial charge is 0.266 e. The van der Waals surface area contributed by atoms with E-state index in [0.29, 0.717) is 44.5 Å². The van der Waals surface area contributed by atoms with E-state index in [1.54, 1.807) is 44.6 Å². The number of carbonyl (C=O) groups is 1. The van der Waals surface area contributed by atoms with Crippen molar-refractivity contribution in [3.8, 4) is 17.2 Å². The number of aromatic nitrogens is 1. The van der Waals surface area contributed by atoms with E-state index < -0.39 is 0 Å². The first-order valence-electron chi connectivity index (χ1n) is 10.3. The Morgan fingerprint density at radius 1 is 1.06 bits per heavy atom. The van der Waals surface area contributed by atoms with Gasteiger partial charge in [0.05, 0.1) is 30.0 Å². The van der Waals surface area contributed by atoms with Gasteiger partial charge in [0.2, 0.25) is 0 Å². The highest BCUT2D eigenvalue weighted by Crippen LogP contribution is 2.28. The molecule has 7 heteroatoms. The molecule has 3 rings (SSSR count). The Hall–Kier alpha value is -3.32. The van der Waals surface area contributed by atoms with E-state index in [4.69, 9.17) is 14.2 Å². The van der Waals surface area contributed by atoms with Crippen LogP contribution in [-0.4, -0.2) is 31.6 Å². The van der Waals surface area contributed by atoms with Gasteiger partial charge in [0, 0.05) is 11.6 Å². The normalized spacial score (nSPS) is 12.3. The predicted molar refractivity (Wildman–Crippen MR) is 127 cm³/mol. The molecule has 0 bridgehead atoms. The number of thiazole rings is 1. The summed E-state index contributed by atoms with van der Waals surface area (Å²) in [6.07, 6.45) is 4.15. The average Bonchev–Trinajstić information content (AvgIpc) is 3.12. The number of H-pyrrole nitrogens is 1. The second-order valence-electron chi connectivity index (χ2n) is 7.61. The molecule has 168 valence electrons. The zero-order valence-corrected chi connectivity index (χ0v) is 19.5. The highest BCUT2D eigenvalue weighted by Gasteiger charge is 2.07. The lowest BCUT2D eigenvalue weighted by Crippen LogP contribution is -2.20. The van der Waals surface area contributed by atoms with Crippen LogP contribution in [0.4, 0.5) is 0 Å². The highest BCUT2D eigenvalue weighted by molar-refractivity contribution is 7.07. The SMILES string of the molecule is COc1ccc(C(=O)C=c2[nH]c(=O)c(=Cc3ccc(OCCC(C)C)c(OC)c3)s2)cc1. The number of aromatic amines is 1. The minimum absolute atomic E-state index is 0.193. The summed E-state index contributed by atoms with van der Waals surface area (Å²) < 4.78 is 17.4. The lowest BCUT2D eigenvalue weighted by molar-refractivity contribution is 0.106.